The summed E-state index contributed by atoms with van der Waals surface area (Å²) >= 11 is 2.90. The fourth-order valence-electron chi connectivity index (χ4n) is 0.989. The van der Waals surface area contributed by atoms with Crippen LogP contribution in [0, 0.1) is 0 Å². The Bertz CT molecular complexity index is 403. The molecule has 0 fully saturated rings. The van der Waals surface area contributed by atoms with Crippen LogP contribution in [-0.2, 0) is 11.0 Å². The van der Waals surface area contributed by atoms with E-state index in [0.717, 1.165) is 12.1 Å². The molecular formula is C9H6BrF3O3. The molecule has 0 heterocycles. The van der Waals surface area contributed by atoms with Gasteiger partial charge in [-0.2, -0.15) is 13.2 Å². The molecule has 0 aromatic heterocycles. The second-order valence-corrected chi connectivity index (χ2v) is 3.74. The van der Waals surface area contributed by atoms with Crippen molar-refractivity contribution in [3.63, 3.8) is 0 Å². The Morgan fingerprint density at radius 2 is 2.06 bits per heavy atom. The van der Waals surface area contributed by atoms with E-state index in [1.165, 1.54) is 6.07 Å². The number of carboxylic acid groups (broad SMARTS) is 1. The molecule has 0 amide bonds. The fraction of sp³-hybridized carbons (Fsp3) is 0.222. The zero-order chi connectivity index (χ0) is 12.3. The van der Waals surface area contributed by atoms with Gasteiger partial charge in [-0.25, -0.2) is 4.79 Å². The lowest BCUT2D eigenvalue weighted by molar-refractivity contribution is -0.143. The van der Waals surface area contributed by atoms with Crippen molar-refractivity contribution in [1.82, 2.24) is 0 Å². The van der Waals surface area contributed by atoms with E-state index >= 15 is 0 Å². The highest BCUT2D eigenvalue weighted by Crippen LogP contribution is 2.37. The first kappa shape index (κ1) is 12.8. The molecule has 7 heteroatoms. The number of benzene rings is 1. The van der Waals surface area contributed by atoms with Gasteiger partial charge in [-0.1, -0.05) is 15.9 Å². The summed E-state index contributed by atoms with van der Waals surface area (Å²) in [5, 5.41) is 8.31. The van der Waals surface area contributed by atoms with Crippen LogP contribution in [0.4, 0.5) is 13.2 Å². The molecular weight excluding hydrogens is 293 g/mol. The van der Waals surface area contributed by atoms with Crippen LogP contribution in [0.15, 0.2) is 22.7 Å². The SMILES string of the molecule is O=C(O)COc1ccc(Br)cc1C(F)(F)F. The van der Waals surface area contributed by atoms with Crippen LogP contribution in [0.5, 0.6) is 5.75 Å². The summed E-state index contributed by atoms with van der Waals surface area (Å²) in [6, 6.07) is 3.24. The molecule has 0 aliphatic heterocycles. The van der Waals surface area contributed by atoms with Crippen molar-refractivity contribution in [3.8, 4) is 5.75 Å². The highest BCUT2D eigenvalue weighted by molar-refractivity contribution is 9.10. The van der Waals surface area contributed by atoms with Gasteiger partial charge in [-0.15, -0.1) is 0 Å². The lowest BCUT2D eigenvalue weighted by Crippen LogP contribution is -2.13. The van der Waals surface area contributed by atoms with E-state index in [4.69, 9.17) is 5.11 Å². The molecule has 1 aromatic rings. The summed E-state index contributed by atoms with van der Waals surface area (Å²) in [6.07, 6.45) is -4.59. The normalized spacial score (nSPS) is 11.2. The van der Waals surface area contributed by atoms with Crippen LogP contribution < -0.4 is 4.74 Å². The lowest BCUT2D eigenvalue weighted by atomic mass is 10.2. The summed E-state index contributed by atoms with van der Waals surface area (Å²) in [5.74, 6) is -1.84. The summed E-state index contributed by atoms with van der Waals surface area (Å²) in [7, 11) is 0. The number of carbonyl (C=O) groups is 1. The van der Waals surface area contributed by atoms with Crippen molar-refractivity contribution in [3.05, 3.63) is 28.2 Å². The van der Waals surface area contributed by atoms with Crippen LogP contribution in [0.3, 0.4) is 0 Å². The summed E-state index contributed by atoms with van der Waals surface area (Å²) in [6.45, 7) is -0.815. The van der Waals surface area contributed by atoms with E-state index in [2.05, 4.69) is 20.7 Å². The number of hydrogen-bond acceptors (Lipinski definition) is 2. The number of alkyl halides is 3. The summed E-state index contributed by atoms with van der Waals surface area (Å²) < 4.78 is 42.3. The average molecular weight is 299 g/mol. The topological polar surface area (TPSA) is 46.5 Å². The van der Waals surface area contributed by atoms with E-state index < -0.39 is 30.1 Å². The molecule has 0 saturated heterocycles. The molecule has 0 atom stereocenters. The predicted molar refractivity (Wildman–Crippen MR) is 52.3 cm³/mol. The quantitative estimate of drug-likeness (QED) is 0.933. The minimum atomic E-state index is -4.59. The highest BCUT2D eigenvalue weighted by Gasteiger charge is 2.34. The van der Waals surface area contributed by atoms with Crippen LogP contribution in [0.1, 0.15) is 5.56 Å². The van der Waals surface area contributed by atoms with Gasteiger partial charge in [0, 0.05) is 4.47 Å². The number of carboxylic acids is 1. The smallest absolute Gasteiger partial charge is 0.420 e. The van der Waals surface area contributed by atoms with Gasteiger partial charge in [0.25, 0.3) is 0 Å². The Morgan fingerprint density at radius 1 is 1.44 bits per heavy atom. The zero-order valence-corrected chi connectivity index (χ0v) is 9.30. The third kappa shape index (κ3) is 3.41. The maximum Gasteiger partial charge on any atom is 0.420 e. The Morgan fingerprint density at radius 3 is 2.56 bits per heavy atom. The minimum absolute atomic E-state index is 0.238. The molecule has 0 radical (unpaired) electrons. The first-order valence-corrected chi connectivity index (χ1v) is 4.81. The first-order valence-electron chi connectivity index (χ1n) is 4.02. The van der Waals surface area contributed by atoms with Gasteiger partial charge in [0.1, 0.15) is 5.75 Å². The molecule has 3 nitrogen and oxygen atoms in total. The monoisotopic (exact) mass is 298 g/mol. The predicted octanol–water partition coefficient (Wildman–Crippen LogP) is 2.93. The summed E-state index contributed by atoms with van der Waals surface area (Å²) in [5.41, 5.74) is -1.01. The second-order valence-electron chi connectivity index (χ2n) is 2.82. The van der Waals surface area contributed by atoms with Crippen LogP contribution in [0.25, 0.3) is 0 Å². The average Bonchev–Trinajstić information content (AvgIpc) is 2.14. The fourth-order valence-corrected chi connectivity index (χ4v) is 1.35. The standard InChI is InChI=1S/C9H6BrF3O3/c10-5-1-2-7(16-4-8(14)15)6(3-5)9(11,12)13/h1-3H,4H2,(H,14,15). The third-order valence-corrected chi connectivity index (χ3v) is 2.09. The van der Waals surface area contributed by atoms with Crippen molar-refractivity contribution in [2.45, 2.75) is 6.18 Å². The van der Waals surface area contributed by atoms with Gasteiger partial charge in [0.05, 0.1) is 5.56 Å². The molecule has 0 spiro atoms. The maximum atomic E-state index is 12.5. The molecule has 1 aromatic carbocycles. The van der Waals surface area contributed by atoms with Crippen molar-refractivity contribution in [2.24, 2.45) is 0 Å². The molecule has 1 N–H and O–H groups in total. The zero-order valence-electron chi connectivity index (χ0n) is 7.71. The lowest BCUT2D eigenvalue weighted by Gasteiger charge is -2.13. The molecule has 88 valence electrons. The molecule has 0 saturated carbocycles. The summed E-state index contributed by atoms with van der Waals surface area (Å²) in [4.78, 5) is 10.2. The van der Waals surface area contributed by atoms with Gasteiger partial charge in [-0.3, -0.25) is 0 Å². The van der Waals surface area contributed by atoms with E-state index in [9.17, 15) is 18.0 Å². The number of ether oxygens (including phenoxy) is 1. The molecule has 0 bridgehead atoms. The first-order chi connectivity index (χ1) is 7.30. The number of hydrogen-bond donors (Lipinski definition) is 1. The van der Waals surface area contributed by atoms with Gasteiger partial charge < -0.3 is 9.84 Å². The van der Waals surface area contributed by atoms with Gasteiger partial charge in [0.2, 0.25) is 0 Å². The third-order valence-electron chi connectivity index (χ3n) is 1.60. The Hall–Kier alpha value is -1.24. The van der Waals surface area contributed by atoms with Crippen molar-refractivity contribution in [2.75, 3.05) is 6.61 Å². The molecule has 1 rings (SSSR count). The minimum Gasteiger partial charge on any atom is -0.481 e. The van der Waals surface area contributed by atoms with E-state index in [0.29, 0.717) is 0 Å². The van der Waals surface area contributed by atoms with Crippen molar-refractivity contribution < 1.29 is 27.8 Å². The maximum absolute atomic E-state index is 12.5. The Labute approximate surface area is 97.0 Å². The highest BCUT2D eigenvalue weighted by atomic mass is 79.9. The molecule has 0 aliphatic carbocycles. The second kappa shape index (κ2) is 4.73. The molecule has 0 aliphatic rings. The van der Waals surface area contributed by atoms with Crippen LogP contribution >= 0.6 is 15.9 Å². The van der Waals surface area contributed by atoms with Crippen LogP contribution in [0.2, 0.25) is 0 Å². The van der Waals surface area contributed by atoms with E-state index in [-0.39, 0.29) is 4.47 Å². The van der Waals surface area contributed by atoms with Gasteiger partial charge in [0.15, 0.2) is 6.61 Å². The molecule has 16 heavy (non-hydrogen) atoms. The largest absolute Gasteiger partial charge is 0.481 e. The van der Waals surface area contributed by atoms with Gasteiger partial charge in [-0.05, 0) is 18.2 Å². The Balaban J connectivity index is 3.03. The van der Waals surface area contributed by atoms with E-state index in [1.54, 1.807) is 0 Å². The van der Waals surface area contributed by atoms with Gasteiger partial charge >= 0.3 is 12.1 Å². The number of aliphatic carboxylic acids is 1. The Kier molecular flexibility index (Phi) is 3.79. The molecule has 0 unspecified atom stereocenters. The van der Waals surface area contributed by atoms with Crippen molar-refractivity contribution in [1.29, 1.82) is 0 Å². The van der Waals surface area contributed by atoms with Crippen molar-refractivity contribution >= 4 is 21.9 Å². The van der Waals surface area contributed by atoms with Crippen LogP contribution in [-0.4, -0.2) is 17.7 Å². The number of rotatable bonds is 3. The number of halogens is 4. The van der Waals surface area contributed by atoms with E-state index in [1.807, 2.05) is 0 Å².